The first-order chi connectivity index (χ1) is 14.7. The molecular formula is C31H57N3WY-2. The Labute approximate surface area is 266 Å². The Morgan fingerprint density at radius 3 is 1.78 bits per heavy atom. The van der Waals surface area contributed by atoms with Crippen LogP contribution in [0.25, 0.3) is 16.2 Å². The topological polar surface area (TPSA) is 30.2 Å². The Hall–Kier alpha value is -0.728. The number of hydrogen-bond acceptors (Lipinski definition) is 2. The predicted molar refractivity (Wildman–Crippen MR) is 164 cm³/mol. The van der Waals surface area contributed by atoms with Crippen LogP contribution < -0.4 is 4.90 Å². The minimum absolute atomic E-state index is 0. The fourth-order valence-electron chi connectivity index (χ4n) is 2.92. The molecule has 4 rings (SSSR count). The maximum absolute atomic E-state index is 4.39. The molecule has 0 N–H and O–H groups in total. The molecule has 5 heteroatoms. The van der Waals surface area contributed by atoms with Gasteiger partial charge in [-0.15, -0.1) is 24.7 Å². The predicted octanol–water partition coefficient (Wildman–Crippen LogP) is 10.2. The average molecular weight is 745 g/mol. The minimum Gasteiger partial charge on any atom is -0.659 e. The Kier molecular flexibility index (Phi) is 49.3. The summed E-state index contributed by atoms with van der Waals surface area (Å²) in [5.41, 5.74) is 4.73. The van der Waals surface area contributed by atoms with E-state index >= 15 is 0 Å². The normalized spacial score (nSPS) is 9.92. The van der Waals surface area contributed by atoms with Crippen molar-refractivity contribution in [3.63, 3.8) is 0 Å². The van der Waals surface area contributed by atoms with E-state index in [9.17, 15) is 0 Å². The van der Waals surface area contributed by atoms with Crippen molar-refractivity contribution in [1.82, 2.24) is 4.98 Å². The summed E-state index contributed by atoms with van der Waals surface area (Å²) >= 11 is 0. The zero-order valence-electron chi connectivity index (χ0n) is 21.1. The van der Waals surface area contributed by atoms with Gasteiger partial charge in [0.15, 0.2) is 0 Å². The molecule has 0 atom stereocenters. The smallest absolute Gasteiger partial charge is 0.0722 e. The van der Waals surface area contributed by atoms with E-state index in [1.54, 1.807) is 0 Å². The largest absolute Gasteiger partial charge is 0.659 e. The van der Waals surface area contributed by atoms with E-state index in [-0.39, 0.29) is 83.5 Å². The van der Waals surface area contributed by atoms with E-state index in [0.717, 1.165) is 37.3 Å². The number of piperazine rings is 1. The number of nitrogens with zero attached hydrogens (tertiary/aromatic N) is 3. The van der Waals surface area contributed by atoms with Crippen molar-refractivity contribution < 1.29 is 53.8 Å². The molecule has 0 unspecified atom stereocenters. The van der Waals surface area contributed by atoms with Crippen LogP contribution in [0.4, 0.5) is 5.69 Å². The van der Waals surface area contributed by atoms with Gasteiger partial charge < -0.3 is 10.2 Å². The second-order valence-corrected chi connectivity index (χ2v) is 5.99. The van der Waals surface area contributed by atoms with Gasteiger partial charge in [-0.1, -0.05) is 90.3 Å². The van der Waals surface area contributed by atoms with Crippen LogP contribution >= 0.6 is 0 Å². The summed E-state index contributed by atoms with van der Waals surface area (Å²) < 4.78 is 0. The van der Waals surface area contributed by atoms with Gasteiger partial charge in [0, 0.05) is 71.0 Å². The first kappa shape index (κ1) is 51.8. The van der Waals surface area contributed by atoms with E-state index < -0.39 is 0 Å². The van der Waals surface area contributed by atoms with Crippen LogP contribution in [0.3, 0.4) is 0 Å². The monoisotopic (exact) mass is 744 g/mol. The van der Waals surface area contributed by atoms with Gasteiger partial charge in [0.2, 0.25) is 0 Å². The Bertz CT molecular complexity index is 784. The van der Waals surface area contributed by atoms with Gasteiger partial charge in [0.1, 0.15) is 0 Å². The van der Waals surface area contributed by atoms with Crippen LogP contribution in [0, 0.1) is 13.8 Å². The third-order valence-corrected chi connectivity index (χ3v) is 4.10. The molecule has 36 heavy (non-hydrogen) atoms. The van der Waals surface area contributed by atoms with E-state index in [2.05, 4.69) is 65.4 Å². The number of anilines is 1. The SMILES string of the molecule is C.C.C.C.CC.CC.CC.[CH2-]c1cccc(C)c1.[W].[Y].c1cc(N2CC[N-]CC2)c2cccnc2c1. The number of benzene rings is 2. The molecule has 2 heterocycles. The van der Waals surface area contributed by atoms with Gasteiger partial charge in [-0.2, -0.15) is 24.6 Å². The zero-order chi connectivity index (χ0) is 22.8. The minimum atomic E-state index is 0. The molecule has 1 saturated heterocycles. The fourth-order valence-corrected chi connectivity index (χ4v) is 2.92. The molecule has 1 aliphatic rings. The number of pyridine rings is 1. The molecular weight excluding hydrogens is 687 g/mol. The molecule has 1 radical (unpaired) electrons. The van der Waals surface area contributed by atoms with Gasteiger partial charge in [-0.25, -0.2) is 0 Å². The molecule has 0 amide bonds. The van der Waals surface area contributed by atoms with Crippen LogP contribution in [0.2, 0.25) is 0 Å². The molecule has 3 aromatic rings. The fraction of sp³-hybridized carbons (Fsp3) is 0.484. The van der Waals surface area contributed by atoms with Gasteiger partial charge >= 0.3 is 0 Å². The summed E-state index contributed by atoms with van der Waals surface area (Å²) in [6.07, 6.45) is 1.84. The molecule has 207 valence electrons. The number of rotatable bonds is 1. The summed E-state index contributed by atoms with van der Waals surface area (Å²) in [4.78, 5) is 6.79. The van der Waals surface area contributed by atoms with Gasteiger partial charge in [-0.05, 0) is 37.4 Å². The average Bonchev–Trinajstić information content (AvgIpc) is 2.83. The summed E-state index contributed by atoms with van der Waals surface area (Å²) in [5.74, 6) is 0. The van der Waals surface area contributed by atoms with Crippen LogP contribution in [0.5, 0.6) is 0 Å². The molecule has 0 spiro atoms. The van der Waals surface area contributed by atoms with Crippen molar-refractivity contribution in [1.29, 1.82) is 0 Å². The number of aromatic nitrogens is 1. The van der Waals surface area contributed by atoms with Crippen LogP contribution in [0.15, 0.2) is 60.8 Å². The molecule has 0 bridgehead atoms. The first-order valence-electron chi connectivity index (χ1n) is 11.3. The molecule has 0 saturated carbocycles. The van der Waals surface area contributed by atoms with Crippen molar-refractivity contribution in [2.75, 3.05) is 31.1 Å². The van der Waals surface area contributed by atoms with Crippen LogP contribution in [0.1, 0.15) is 82.4 Å². The van der Waals surface area contributed by atoms with Crippen molar-refractivity contribution in [3.05, 3.63) is 84.2 Å². The zero-order valence-corrected chi connectivity index (χ0v) is 26.9. The van der Waals surface area contributed by atoms with Gasteiger partial charge in [0.05, 0.1) is 5.52 Å². The second-order valence-electron chi connectivity index (χ2n) is 5.99. The maximum atomic E-state index is 4.39. The van der Waals surface area contributed by atoms with E-state index in [1.165, 1.54) is 16.6 Å². The summed E-state index contributed by atoms with van der Waals surface area (Å²) in [7, 11) is 0. The van der Waals surface area contributed by atoms with Gasteiger partial charge in [-0.3, -0.25) is 4.98 Å². The number of aryl methyl sites for hydroxylation is 1. The van der Waals surface area contributed by atoms with Crippen molar-refractivity contribution in [2.24, 2.45) is 0 Å². The van der Waals surface area contributed by atoms with E-state index in [1.807, 2.05) is 65.9 Å². The second kappa shape index (κ2) is 34.3. The summed E-state index contributed by atoms with van der Waals surface area (Å²) in [5, 5.41) is 5.62. The third-order valence-electron chi connectivity index (χ3n) is 4.10. The standard InChI is InChI=1S/C13H14N3.C8H9.3C2H6.4CH4.W.Y/c1-4-12-11(3-2-6-15-12)13(5-1)16-9-7-14-8-10-16;1-7-4-3-5-8(2)6-7;3*1-2;;;;;;/h1-6H,7-10H2;3-6H,1H2,2H3;3*1-2H3;4*1H4;;/q2*-1;;;;;;;;;. The summed E-state index contributed by atoms with van der Waals surface area (Å²) in [6.45, 7) is 21.8. The molecule has 3 nitrogen and oxygen atoms in total. The molecule has 1 aromatic heterocycles. The molecule has 1 fully saturated rings. The number of fused-ring (bicyclic) bond motifs is 1. The van der Waals surface area contributed by atoms with Crippen molar-refractivity contribution in [3.8, 4) is 0 Å². The summed E-state index contributed by atoms with van der Waals surface area (Å²) in [6, 6.07) is 18.6. The molecule has 0 aliphatic carbocycles. The quantitative estimate of drug-likeness (QED) is 0.232. The first-order valence-corrected chi connectivity index (χ1v) is 11.3. The van der Waals surface area contributed by atoms with Crippen molar-refractivity contribution >= 4 is 16.6 Å². The van der Waals surface area contributed by atoms with E-state index in [0.29, 0.717) is 0 Å². The Morgan fingerprint density at radius 1 is 0.778 bits per heavy atom. The third kappa shape index (κ3) is 19.4. The molecule has 1 aliphatic heterocycles. The Morgan fingerprint density at radius 2 is 1.31 bits per heavy atom. The van der Waals surface area contributed by atoms with Gasteiger partial charge in [0.25, 0.3) is 0 Å². The van der Waals surface area contributed by atoms with E-state index in [4.69, 9.17) is 0 Å². The van der Waals surface area contributed by atoms with Crippen LogP contribution in [-0.2, 0) is 53.8 Å². The van der Waals surface area contributed by atoms with Crippen LogP contribution in [-0.4, -0.2) is 31.2 Å². The Balaban J connectivity index is -0.0000000739. The maximum Gasteiger partial charge on any atom is 0.0722 e. The number of hydrogen-bond donors (Lipinski definition) is 0. The molecule has 2 aromatic carbocycles. The van der Waals surface area contributed by atoms with Crippen molar-refractivity contribution in [2.45, 2.75) is 78.2 Å².